The van der Waals surface area contributed by atoms with E-state index >= 15 is 0 Å². The number of benzene rings is 1. The molecule has 0 amide bonds. The number of rotatable bonds is 2. The van der Waals surface area contributed by atoms with Gasteiger partial charge in [-0.05, 0) is 57.5 Å². The van der Waals surface area contributed by atoms with E-state index in [-0.39, 0.29) is 18.3 Å². The second-order valence-electron chi connectivity index (χ2n) is 6.53. The van der Waals surface area contributed by atoms with Gasteiger partial charge in [0, 0.05) is 0 Å². The van der Waals surface area contributed by atoms with E-state index in [1.54, 1.807) is 0 Å². The van der Waals surface area contributed by atoms with Crippen LogP contribution in [0.15, 0.2) is 24.3 Å². The molecule has 1 aromatic carbocycles. The fourth-order valence-electron chi connectivity index (χ4n) is 2.32. The molecule has 1 heterocycles. The van der Waals surface area contributed by atoms with Gasteiger partial charge in [-0.3, -0.25) is 0 Å². The maximum absolute atomic E-state index is 6.04. The summed E-state index contributed by atoms with van der Waals surface area (Å²) in [5.41, 5.74) is 2.06. The Balaban J connectivity index is 0.000000704. The van der Waals surface area contributed by atoms with Crippen LogP contribution in [0.3, 0.4) is 0 Å². The third kappa shape index (κ3) is 2.94. The van der Waals surface area contributed by atoms with Gasteiger partial charge in [0.1, 0.15) is 0 Å². The van der Waals surface area contributed by atoms with Crippen LogP contribution in [0, 0.1) is 0 Å². The van der Waals surface area contributed by atoms with E-state index in [4.69, 9.17) is 9.31 Å². The van der Waals surface area contributed by atoms with Crippen molar-refractivity contribution in [3.8, 4) is 0 Å². The molecule has 1 saturated heterocycles. The van der Waals surface area contributed by atoms with E-state index in [1.807, 2.05) is 13.8 Å². The number of hydrogen-bond donors (Lipinski definition) is 0. The smallest absolute Gasteiger partial charge is 0.399 e. The fourth-order valence-corrected chi connectivity index (χ4v) is 2.32. The summed E-state index contributed by atoms with van der Waals surface area (Å²) in [6, 6.07) is 8.74. The van der Waals surface area contributed by atoms with E-state index in [1.165, 1.54) is 18.4 Å². The largest absolute Gasteiger partial charge is 0.494 e. The van der Waals surface area contributed by atoms with Crippen molar-refractivity contribution < 1.29 is 9.31 Å². The van der Waals surface area contributed by atoms with Crippen LogP contribution >= 0.6 is 0 Å². The second kappa shape index (κ2) is 5.53. The minimum atomic E-state index is -0.257. The van der Waals surface area contributed by atoms with Gasteiger partial charge < -0.3 is 9.31 Å². The van der Waals surface area contributed by atoms with Gasteiger partial charge in [-0.2, -0.15) is 0 Å². The second-order valence-corrected chi connectivity index (χ2v) is 6.53. The fraction of sp³-hybridized carbons (Fsp3) is 0.647. The molecule has 1 saturated carbocycles. The standard InChI is InChI=1S/C15H21BO2.C2H6/c1-14(2)15(3,4)18-16(17-14)13-9-7-12(8-10-13)11-5-6-11;1-2/h7-11H,5-6H2,1-4H3;1-2H3. The van der Waals surface area contributed by atoms with Crippen LogP contribution in [0.1, 0.15) is 65.9 Å². The van der Waals surface area contributed by atoms with Gasteiger partial charge in [-0.25, -0.2) is 0 Å². The van der Waals surface area contributed by atoms with Crippen LogP contribution in [0.2, 0.25) is 0 Å². The Kier molecular flexibility index (Phi) is 4.31. The summed E-state index contributed by atoms with van der Waals surface area (Å²) in [5.74, 6) is 0.803. The Morgan fingerprint density at radius 1 is 0.900 bits per heavy atom. The normalized spacial score (nSPS) is 23.2. The topological polar surface area (TPSA) is 18.5 Å². The molecule has 0 unspecified atom stereocenters. The first-order valence-corrected chi connectivity index (χ1v) is 7.84. The SMILES string of the molecule is CC.CC1(C)OB(c2ccc(C3CC3)cc2)OC1(C)C. The highest BCUT2D eigenvalue weighted by Gasteiger charge is 2.51. The van der Waals surface area contributed by atoms with Crippen LogP contribution < -0.4 is 5.46 Å². The van der Waals surface area contributed by atoms with E-state index in [2.05, 4.69) is 52.0 Å². The van der Waals surface area contributed by atoms with Crippen LogP contribution in [0.4, 0.5) is 0 Å². The quantitative estimate of drug-likeness (QED) is 0.762. The predicted octanol–water partition coefficient (Wildman–Crippen LogP) is 3.89. The van der Waals surface area contributed by atoms with Crippen LogP contribution in [-0.2, 0) is 9.31 Å². The summed E-state index contributed by atoms with van der Waals surface area (Å²) in [5, 5.41) is 0. The molecule has 0 radical (unpaired) electrons. The molecule has 0 spiro atoms. The molecule has 1 aliphatic carbocycles. The van der Waals surface area contributed by atoms with Crippen molar-refractivity contribution in [3.63, 3.8) is 0 Å². The molecule has 0 aromatic heterocycles. The van der Waals surface area contributed by atoms with Crippen molar-refractivity contribution in [3.05, 3.63) is 29.8 Å². The Bertz CT molecular complexity index is 431. The maximum atomic E-state index is 6.04. The first kappa shape index (κ1) is 15.6. The minimum absolute atomic E-state index is 0.233. The molecule has 0 N–H and O–H groups in total. The molecule has 110 valence electrons. The summed E-state index contributed by atoms with van der Waals surface area (Å²) in [4.78, 5) is 0. The highest BCUT2D eigenvalue weighted by molar-refractivity contribution is 6.62. The van der Waals surface area contributed by atoms with Crippen molar-refractivity contribution in [1.82, 2.24) is 0 Å². The Morgan fingerprint density at radius 2 is 1.35 bits per heavy atom. The first-order chi connectivity index (χ1) is 9.39. The maximum Gasteiger partial charge on any atom is 0.494 e. The molecular weight excluding hydrogens is 247 g/mol. The number of hydrogen-bond acceptors (Lipinski definition) is 2. The molecule has 2 nitrogen and oxygen atoms in total. The van der Waals surface area contributed by atoms with Crippen molar-refractivity contribution in [2.75, 3.05) is 0 Å². The van der Waals surface area contributed by atoms with Crippen LogP contribution in [0.25, 0.3) is 0 Å². The Labute approximate surface area is 124 Å². The third-order valence-electron chi connectivity index (χ3n) is 4.51. The lowest BCUT2D eigenvalue weighted by molar-refractivity contribution is 0.00578. The Morgan fingerprint density at radius 3 is 1.75 bits per heavy atom. The summed E-state index contributed by atoms with van der Waals surface area (Å²) in [6.07, 6.45) is 2.69. The summed E-state index contributed by atoms with van der Waals surface area (Å²) >= 11 is 0. The molecule has 3 rings (SSSR count). The average molecular weight is 274 g/mol. The Hall–Kier alpha value is -0.795. The lowest BCUT2D eigenvalue weighted by atomic mass is 9.78. The zero-order valence-electron chi connectivity index (χ0n) is 13.7. The van der Waals surface area contributed by atoms with E-state index in [0.29, 0.717) is 0 Å². The van der Waals surface area contributed by atoms with E-state index in [0.717, 1.165) is 11.4 Å². The molecule has 3 heteroatoms. The molecular formula is C17H27BO2. The molecule has 2 aliphatic rings. The lowest BCUT2D eigenvalue weighted by Crippen LogP contribution is -2.41. The molecule has 2 fully saturated rings. The van der Waals surface area contributed by atoms with Gasteiger partial charge >= 0.3 is 7.12 Å². The van der Waals surface area contributed by atoms with Crippen molar-refractivity contribution >= 4 is 12.6 Å². The highest BCUT2D eigenvalue weighted by Crippen LogP contribution is 2.40. The van der Waals surface area contributed by atoms with Gasteiger partial charge in [-0.15, -0.1) is 0 Å². The molecule has 20 heavy (non-hydrogen) atoms. The first-order valence-electron chi connectivity index (χ1n) is 7.84. The molecule has 1 aromatic rings. The average Bonchev–Trinajstić information content (AvgIpc) is 3.21. The minimum Gasteiger partial charge on any atom is -0.399 e. The lowest BCUT2D eigenvalue weighted by Gasteiger charge is -2.32. The van der Waals surface area contributed by atoms with Gasteiger partial charge in [0.25, 0.3) is 0 Å². The van der Waals surface area contributed by atoms with E-state index in [9.17, 15) is 0 Å². The van der Waals surface area contributed by atoms with Gasteiger partial charge in [0.2, 0.25) is 0 Å². The highest BCUT2D eigenvalue weighted by atomic mass is 16.7. The molecule has 0 bridgehead atoms. The van der Waals surface area contributed by atoms with Gasteiger partial charge in [0.05, 0.1) is 11.2 Å². The zero-order chi connectivity index (χ0) is 15.0. The summed E-state index contributed by atoms with van der Waals surface area (Å²) in [6.45, 7) is 12.4. The molecule has 1 aliphatic heterocycles. The van der Waals surface area contributed by atoms with Crippen LogP contribution in [0.5, 0.6) is 0 Å². The van der Waals surface area contributed by atoms with E-state index < -0.39 is 0 Å². The zero-order valence-corrected chi connectivity index (χ0v) is 13.7. The summed E-state index contributed by atoms with van der Waals surface area (Å²) < 4.78 is 12.1. The van der Waals surface area contributed by atoms with Gasteiger partial charge in [0.15, 0.2) is 0 Å². The predicted molar refractivity (Wildman–Crippen MR) is 85.5 cm³/mol. The van der Waals surface area contributed by atoms with Crippen LogP contribution in [-0.4, -0.2) is 18.3 Å². The van der Waals surface area contributed by atoms with Crippen molar-refractivity contribution in [2.45, 2.75) is 71.5 Å². The van der Waals surface area contributed by atoms with Gasteiger partial charge in [-0.1, -0.05) is 38.1 Å². The summed E-state index contributed by atoms with van der Waals surface area (Å²) in [7, 11) is -0.233. The monoisotopic (exact) mass is 274 g/mol. The molecule has 0 atom stereocenters. The van der Waals surface area contributed by atoms with Crippen molar-refractivity contribution in [1.29, 1.82) is 0 Å². The third-order valence-corrected chi connectivity index (χ3v) is 4.51. The van der Waals surface area contributed by atoms with Crippen molar-refractivity contribution in [2.24, 2.45) is 0 Å².